The van der Waals surface area contributed by atoms with Gasteiger partial charge >= 0.3 is 0 Å². The van der Waals surface area contributed by atoms with E-state index in [1.165, 1.54) is 0 Å². The van der Waals surface area contributed by atoms with Crippen molar-refractivity contribution in [3.63, 3.8) is 0 Å². The molecule has 1 aromatic rings. The van der Waals surface area contributed by atoms with E-state index in [4.69, 9.17) is 16.3 Å². The van der Waals surface area contributed by atoms with E-state index in [1.54, 1.807) is 7.11 Å². The molecule has 0 aliphatic heterocycles. The number of benzene rings is 1. The monoisotopic (exact) mass is 295 g/mol. The second kappa shape index (κ2) is 6.15. The van der Waals surface area contributed by atoms with Crippen molar-refractivity contribution in [2.45, 2.75) is 32.8 Å². The Morgan fingerprint density at radius 2 is 2.00 bits per heavy atom. The van der Waals surface area contributed by atoms with Gasteiger partial charge in [0.05, 0.1) is 6.10 Å². The molecular formula is C16H22ClNO2. The van der Waals surface area contributed by atoms with Gasteiger partial charge in [0.2, 0.25) is 5.91 Å². The highest BCUT2D eigenvalue weighted by atomic mass is 35.5. The average Bonchev–Trinajstić information content (AvgIpc) is 2.38. The molecular weight excluding hydrogens is 274 g/mol. The van der Waals surface area contributed by atoms with Gasteiger partial charge in [0.25, 0.3) is 0 Å². The Morgan fingerprint density at radius 3 is 2.50 bits per heavy atom. The molecule has 110 valence electrons. The molecule has 1 fully saturated rings. The molecule has 1 N–H and O–H groups in total. The number of methoxy groups -OCH3 is 1. The first-order chi connectivity index (χ1) is 9.41. The first-order valence-corrected chi connectivity index (χ1v) is 7.35. The Kier molecular flexibility index (Phi) is 4.71. The molecule has 1 amide bonds. The highest BCUT2D eigenvalue weighted by molar-refractivity contribution is 6.30. The maximum Gasteiger partial charge on any atom is 0.223 e. The van der Waals surface area contributed by atoms with Gasteiger partial charge in [-0.05, 0) is 36.0 Å². The smallest absolute Gasteiger partial charge is 0.223 e. The van der Waals surface area contributed by atoms with Crippen molar-refractivity contribution in [3.8, 4) is 0 Å². The number of rotatable bonds is 5. The van der Waals surface area contributed by atoms with Gasteiger partial charge in [-0.3, -0.25) is 4.79 Å². The van der Waals surface area contributed by atoms with Crippen molar-refractivity contribution in [3.05, 3.63) is 34.9 Å². The summed E-state index contributed by atoms with van der Waals surface area (Å²) in [6.45, 7) is 4.89. The van der Waals surface area contributed by atoms with Crippen LogP contribution in [0.5, 0.6) is 0 Å². The Hall–Kier alpha value is -1.06. The summed E-state index contributed by atoms with van der Waals surface area (Å²) in [7, 11) is 1.65. The van der Waals surface area contributed by atoms with Gasteiger partial charge in [-0.1, -0.05) is 37.6 Å². The van der Waals surface area contributed by atoms with Crippen molar-refractivity contribution in [1.82, 2.24) is 5.32 Å². The van der Waals surface area contributed by atoms with Crippen LogP contribution in [0.15, 0.2) is 24.3 Å². The van der Waals surface area contributed by atoms with E-state index < -0.39 is 0 Å². The number of carbonyl (C=O) groups is 1. The molecule has 1 saturated carbocycles. The van der Waals surface area contributed by atoms with Crippen LogP contribution >= 0.6 is 11.6 Å². The molecule has 1 aromatic carbocycles. The summed E-state index contributed by atoms with van der Waals surface area (Å²) in [6, 6.07) is 7.52. The lowest BCUT2D eigenvalue weighted by atomic mass is 9.64. The average molecular weight is 296 g/mol. The number of carbonyl (C=O) groups excluding carboxylic acids is 1. The minimum absolute atomic E-state index is 0.135. The highest BCUT2D eigenvalue weighted by Crippen LogP contribution is 2.44. The van der Waals surface area contributed by atoms with Crippen LogP contribution in [0.2, 0.25) is 5.02 Å². The molecule has 2 rings (SSSR count). The number of halogens is 1. The van der Waals surface area contributed by atoms with Crippen molar-refractivity contribution in [2.75, 3.05) is 13.7 Å². The zero-order valence-corrected chi connectivity index (χ0v) is 13.0. The molecule has 0 bridgehead atoms. The predicted octanol–water partition coefficient (Wildman–Crippen LogP) is 3.58. The molecule has 1 atom stereocenters. The maximum absolute atomic E-state index is 12.0. The Bertz CT molecular complexity index is 462. The third kappa shape index (κ3) is 3.74. The molecule has 3 nitrogen and oxygen atoms in total. The molecule has 1 aliphatic carbocycles. The summed E-state index contributed by atoms with van der Waals surface area (Å²) < 4.78 is 5.44. The van der Waals surface area contributed by atoms with Crippen LogP contribution in [0.1, 0.15) is 38.4 Å². The lowest BCUT2D eigenvalue weighted by Crippen LogP contribution is -2.43. The first-order valence-electron chi connectivity index (χ1n) is 6.97. The number of nitrogens with one attached hydrogen (secondary N) is 1. The largest absolute Gasteiger partial charge is 0.375 e. The van der Waals surface area contributed by atoms with Crippen LogP contribution in [-0.4, -0.2) is 19.6 Å². The van der Waals surface area contributed by atoms with Crippen molar-refractivity contribution < 1.29 is 9.53 Å². The standard InChI is InChI=1S/C16H22ClNO2/c1-16(2)8-12(9-16)15(19)18-10-14(20-3)11-4-6-13(17)7-5-11/h4-7,12,14H,8-10H2,1-3H3,(H,18,19). The van der Waals surface area contributed by atoms with Gasteiger partial charge in [-0.2, -0.15) is 0 Å². The minimum Gasteiger partial charge on any atom is -0.375 e. The molecule has 0 radical (unpaired) electrons. The molecule has 0 spiro atoms. The van der Waals surface area contributed by atoms with E-state index in [2.05, 4.69) is 19.2 Å². The molecule has 0 heterocycles. The minimum atomic E-state index is -0.135. The fourth-order valence-corrected chi connectivity index (χ4v) is 2.94. The Balaban J connectivity index is 1.85. The van der Waals surface area contributed by atoms with E-state index in [0.717, 1.165) is 18.4 Å². The zero-order chi connectivity index (χ0) is 14.8. The van der Waals surface area contributed by atoms with Gasteiger partial charge in [-0.25, -0.2) is 0 Å². The maximum atomic E-state index is 12.0. The van der Waals surface area contributed by atoms with Crippen molar-refractivity contribution in [2.24, 2.45) is 11.3 Å². The summed E-state index contributed by atoms with van der Waals surface area (Å²) in [5.74, 6) is 0.299. The van der Waals surface area contributed by atoms with Crippen LogP contribution in [0.25, 0.3) is 0 Å². The third-order valence-corrected chi connectivity index (χ3v) is 4.21. The van der Waals surface area contributed by atoms with E-state index in [0.29, 0.717) is 17.0 Å². The second-order valence-electron chi connectivity index (χ2n) is 6.29. The fraction of sp³-hybridized carbons (Fsp3) is 0.562. The molecule has 0 aromatic heterocycles. The van der Waals surface area contributed by atoms with Gasteiger partial charge in [0.1, 0.15) is 0 Å². The first kappa shape index (κ1) is 15.3. The van der Waals surface area contributed by atoms with E-state index >= 15 is 0 Å². The normalized spacial score (nSPS) is 19.2. The lowest BCUT2D eigenvalue weighted by molar-refractivity contribution is -0.132. The molecule has 0 saturated heterocycles. The van der Waals surface area contributed by atoms with E-state index in [-0.39, 0.29) is 17.9 Å². The van der Waals surface area contributed by atoms with Crippen LogP contribution in [0.3, 0.4) is 0 Å². The Morgan fingerprint density at radius 1 is 1.40 bits per heavy atom. The molecule has 1 aliphatic rings. The third-order valence-electron chi connectivity index (χ3n) is 3.96. The molecule has 1 unspecified atom stereocenters. The SMILES string of the molecule is COC(CNC(=O)C1CC(C)(C)C1)c1ccc(Cl)cc1. The summed E-state index contributed by atoms with van der Waals surface area (Å²) in [5, 5.41) is 3.69. The Labute approximate surface area is 125 Å². The zero-order valence-electron chi connectivity index (χ0n) is 12.3. The van der Waals surface area contributed by atoms with Crippen molar-refractivity contribution in [1.29, 1.82) is 0 Å². The summed E-state index contributed by atoms with van der Waals surface area (Å²) in [6.07, 6.45) is 1.80. The molecule has 4 heteroatoms. The topological polar surface area (TPSA) is 38.3 Å². The molecule has 20 heavy (non-hydrogen) atoms. The van der Waals surface area contributed by atoms with Gasteiger partial charge in [0.15, 0.2) is 0 Å². The van der Waals surface area contributed by atoms with Gasteiger partial charge in [0, 0.05) is 24.6 Å². The van der Waals surface area contributed by atoms with Gasteiger partial charge in [-0.15, -0.1) is 0 Å². The van der Waals surface area contributed by atoms with Crippen LogP contribution in [0.4, 0.5) is 0 Å². The number of hydrogen-bond acceptors (Lipinski definition) is 2. The van der Waals surface area contributed by atoms with Gasteiger partial charge < -0.3 is 10.1 Å². The summed E-state index contributed by atoms with van der Waals surface area (Å²) >= 11 is 5.87. The van der Waals surface area contributed by atoms with Crippen LogP contribution < -0.4 is 5.32 Å². The highest BCUT2D eigenvalue weighted by Gasteiger charge is 2.40. The van der Waals surface area contributed by atoms with E-state index in [9.17, 15) is 4.79 Å². The quantitative estimate of drug-likeness (QED) is 0.901. The lowest BCUT2D eigenvalue weighted by Gasteiger charge is -2.41. The number of ether oxygens (including phenoxy) is 1. The predicted molar refractivity (Wildman–Crippen MR) is 80.7 cm³/mol. The summed E-state index contributed by atoms with van der Waals surface area (Å²) in [5.41, 5.74) is 1.34. The van der Waals surface area contributed by atoms with Crippen molar-refractivity contribution >= 4 is 17.5 Å². The van der Waals surface area contributed by atoms with E-state index in [1.807, 2.05) is 24.3 Å². The second-order valence-corrected chi connectivity index (χ2v) is 6.73. The van der Waals surface area contributed by atoms with Crippen LogP contribution in [-0.2, 0) is 9.53 Å². The summed E-state index contributed by atoms with van der Waals surface area (Å²) in [4.78, 5) is 12.0. The number of hydrogen-bond donors (Lipinski definition) is 1. The number of amides is 1. The van der Waals surface area contributed by atoms with Crippen LogP contribution in [0, 0.1) is 11.3 Å². The fourth-order valence-electron chi connectivity index (χ4n) is 2.81.